The number of carbonyl (C=O) groups excluding carboxylic acids is 2. The monoisotopic (exact) mass is 319 g/mol. The van der Waals surface area contributed by atoms with Gasteiger partial charge < -0.3 is 14.8 Å². The highest BCUT2D eigenvalue weighted by atomic mass is 32.2. The Morgan fingerprint density at radius 2 is 1.82 bits per heavy atom. The molecule has 2 aromatic rings. The van der Waals surface area contributed by atoms with Crippen molar-refractivity contribution in [1.82, 2.24) is 9.97 Å². The molecule has 114 valence electrons. The van der Waals surface area contributed by atoms with Gasteiger partial charge in [-0.1, -0.05) is 12.1 Å². The van der Waals surface area contributed by atoms with Crippen LogP contribution in [0.25, 0.3) is 0 Å². The minimum absolute atomic E-state index is 0.223. The van der Waals surface area contributed by atoms with E-state index in [2.05, 4.69) is 20.0 Å². The molecule has 0 saturated heterocycles. The van der Waals surface area contributed by atoms with E-state index in [4.69, 9.17) is 4.74 Å². The molecule has 7 nitrogen and oxygen atoms in total. The largest absolute Gasteiger partial charge is 0.467 e. The molecule has 0 radical (unpaired) electrons. The second-order valence-corrected chi connectivity index (χ2v) is 5.00. The lowest BCUT2D eigenvalue weighted by atomic mass is 10.2. The summed E-state index contributed by atoms with van der Waals surface area (Å²) in [6.07, 6.45) is 2.95. The molecule has 1 aromatic carbocycles. The van der Waals surface area contributed by atoms with E-state index in [0.717, 1.165) is 11.8 Å². The molecule has 0 spiro atoms. The van der Waals surface area contributed by atoms with E-state index in [-0.39, 0.29) is 16.8 Å². The van der Waals surface area contributed by atoms with Crippen LogP contribution in [0.3, 0.4) is 0 Å². The Balaban J connectivity index is 2.07. The standard InChI is InChI=1S/C14H13N3O4S/c1-20-12(18)10-5-3-4-6-11(10)17-14(19)22-9-7-15-13(21-2)16-8-9/h3-8H,1-2H3,(H,17,19). The van der Waals surface area contributed by atoms with E-state index < -0.39 is 5.97 Å². The van der Waals surface area contributed by atoms with Crippen molar-refractivity contribution in [1.29, 1.82) is 0 Å². The van der Waals surface area contributed by atoms with Crippen molar-refractivity contribution in [3.63, 3.8) is 0 Å². The number of amides is 1. The number of hydrogen-bond donors (Lipinski definition) is 1. The lowest BCUT2D eigenvalue weighted by Gasteiger charge is -2.09. The average Bonchev–Trinajstić information content (AvgIpc) is 2.55. The quantitative estimate of drug-likeness (QED) is 0.684. The number of methoxy groups -OCH3 is 2. The topological polar surface area (TPSA) is 90.4 Å². The van der Waals surface area contributed by atoms with Gasteiger partial charge in [-0.05, 0) is 23.9 Å². The summed E-state index contributed by atoms with van der Waals surface area (Å²) in [6, 6.07) is 6.81. The predicted octanol–water partition coefficient (Wildman–Crippen LogP) is 2.60. The number of ether oxygens (including phenoxy) is 2. The molecule has 0 bridgehead atoms. The van der Waals surface area contributed by atoms with Crippen molar-refractivity contribution >= 4 is 28.7 Å². The smallest absolute Gasteiger partial charge is 0.339 e. The number of anilines is 1. The zero-order valence-electron chi connectivity index (χ0n) is 11.9. The zero-order chi connectivity index (χ0) is 15.9. The summed E-state index contributed by atoms with van der Waals surface area (Å²) in [7, 11) is 2.74. The number of hydrogen-bond acceptors (Lipinski definition) is 7. The maximum atomic E-state index is 12.0. The van der Waals surface area contributed by atoms with E-state index in [0.29, 0.717) is 10.6 Å². The Morgan fingerprint density at radius 1 is 1.14 bits per heavy atom. The van der Waals surface area contributed by atoms with Crippen molar-refractivity contribution in [2.75, 3.05) is 19.5 Å². The number of nitrogens with zero attached hydrogens (tertiary/aromatic N) is 2. The highest BCUT2D eigenvalue weighted by Gasteiger charge is 2.14. The molecular formula is C14H13N3O4S. The molecule has 1 heterocycles. The molecule has 0 aliphatic rings. The van der Waals surface area contributed by atoms with Crippen molar-refractivity contribution < 1.29 is 19.1 Å². The van der Waals surface area contributed by atoms with Gasteiger partial charge in [0.1, 0.15) is 0 Å². The SMILES string of the molecule is COC(=O)c1ccccc1NC(=O)Sc1cnc(OC)nc1. The fraction of sp³-hybridized carbons (Fsp3) is 0.143. The second-order valence-electron chi connectivity index (χ2n) is 3.96. The van der Waals surface area contributed by atoms with Crippen LogP contribution in [0.5, 0.6) is 6.01 Å². The Labute approximate surface area is 131 Å². The first-order valence-electron chi connectivity index (χ1n) is 6.16. The number of carbonyl (C=O) groups is 2. The summed E-state index contributed by atoms with van der Waals surface area (Å²) in [6.45, 7) is 0. The van der Waals surface area contributed by atoms with Gasteiger partial charge in [0.25, 0.3) is 5.24 Å². The van der Waals surface area contributed by atoms with E-state index in [1.165, 1.54) is 26.6 Å². The van der Waals surface area contributed by atoms with E-state index in [1.54, 1.807) is 24.3 Å². The van der Waals surface area contributed by atoms with Crippen LogP contribution in [-0.4, -0.2) is 35.4 Å². The maximum absolute atomic E-state index is 12.0. The zero-order valence-corrected chi connectivity index (χ0v) is 12.7. The molecule has 0 atom stereocenters. The molecule has 1 N–H and O–H groups in total. The molecule has 0 aliphatic carbocycles. The van der Waals surface area contributed by atoms with E-state index in [9.17, 15) is 9.59 Å². The second kappa shape index (κ2) is 7.41. The summed E-state index contributed by atoms with van der Waals surface area (Å²) in [5.74, 6) is -0.520. The minimum atomic E-state index is -0.520. The van der Waals surface area contributed by atoms with Gasteiger partial charge in [0.2, 0.25) is 0 Å². The molecular weight excluding hydrogens is 306 g/mol. The van der Waals surface area contributed by atoms with E-state index >= 15 is 0 Å². The summed E-state index contributed by atoms with van der Waals surface area (Å²) in [5.41, 5.74) is 0.659. The predicted molar refractivity (Wildman–Crippen MR) is 81.2 cm³/mol. The molecule has 0 aliphatic heterocycles. The number of benzene rings is 1. The third kappa shape index (κ3) is 3.95. The van der Waals surface area contributed by atoms with Crippen LogP contribution in [0.1, 0.15) is 10.4 Å². The lowest BCUT2D eigenvalue weighted by molar-refractivity contribution is 0.0602. The Hall–Kier alpha value is -2.61. The molecule has 22 heavy (non-hydrogen) atoms. The van der Waals surface area contributed by atoms with Crippen molar-refractivity contribution in [3.05, 3.63) is 42.2 Å². The maximum Gasteiger partial charge on any atom is 0.339 e. The third-order valence-electron chi connectivity index (χ3n) is 2.57. The summed E-state index contributed by atoms with van der Waals surface area (Å²) in [5, 5.41) is 2.27. The number of esters is 1. The first-order valence-corrected chi connectivity index (χ1v) is 6.98. The van der Waals surface area contributed by atoms with Gasteiger partial charge in [0.15, 0.2) is 0 Å². The molecule has 0 fully saturated rings. The molecule has 0 unspecified atom stereocenters. The van der Waals surface area contributed by atoms with Crippen molar-refractivity contribution in [3.8, 4) is 6.01 Å². The van der Waals surface area contributed by atoms with Crippen LogP contribution < -0.4 is 10.1 Å². The van der Waals surface area contributed by atoms with Crippen LogP contribution in [0.15, 0.2) is 41.6 Å². The Bertz CT molecular complexity index is 676. The summed E-state index contributed by atoms with van der Waals surface area (Å²) >= 11 is 0.903. The third-order valence-corrected chi connectivity index (χ3v) is 3.30. The average molecular weight is 319 g/mol. The molecule has 1 aromatic heterocycles. The van der Waals surface area contributed by atoms with Gasteiger partial charge in [-0.2, -0.15) is 0 Å². The number of para-hydroxylation sites is 1. The Morgan fingerprint density at radius 3 is 2.45 bits per heavy atom. The van der Waals surface area contributed by atoms with E-state index in [1.807, 2.05) is 0 Å². The summed E-state index contributed by atoms with van der Waals surface area (Å²) in [4.78, 5) is 32.0. The van der Waals surface area contributed by atoms with Gasteiger partial charge in [0.05, 0.1) is 30.4 Å². The molecule has 8 heteroatoms. The van der Waals surface area contributed by atoms with Crippen LogP contribution in [-0.2, 0) is 4.74 Å². The summed E-state index contributed by atoms with van der Waals surface area (Å²) < 4.78 is 9.51. The lowest BCUT2D eigenvalue weighted by Crippen LogP contribution is -2.11. The van der Waals surface area contributed by atoms with Crippen molar-refractivity contribution in [2.45, 2.75) is 4.90 Å². The fourth-order valence-electron chi connectivity index (χ4n) is 1.59. The highest BCUT2D eigenvalue weighted by molar-refractivity contribution is 8.13. The number of aromatic nitrogens is 2. The van der Waals surface area contributed by atoms with Crippen molar-refractivity contribution in [2.24, 2.45) is 0 Å². The van der Waals surface area contributed by atoms with Gasteiger partial charge in [-0.15, -0.1) is 0 Å². The van der Waals surface area contributed by atoms with Crippen LogP contribution in [0.4, 0.5) is 10.5 Å². The first kappa shape index (κ1) is 15.8. The molecule has 1 amide bonds. The number of rotatable bonds is 4. The van der Waals surface area contributed by atoms with Gasteiger partial charge in [-0.25, -0.2) is 14.8 Å². The molecule has 0 saturated carbocycles. The minimum Gasteiger partial charge on any atom is -0.467 e. The fourth-order valence-corrected chi connectivity index (χ4v) is 2.17. The number of nitrogens with one attached hydrogen (secondary N) is 1. The van der Waals surface area contributed by atoms with Gasteiger partial charge >= 0.3 is 12.0 Å². The first-order chi connectivity index (χ1) is 10.6. The van der Waals surface area contributed by atoms with Gasteiger partial charge in [-0.3, -0.25) is 4.79 Å². The van der Waals surface area contributed by atoms with Gasteiger partial charge in [0, 0.05) is 12.4 Å². The molecule has 2 rings (SSSR count). The van der Waals surface area contributed by atoms with Crippen LogP contribution in [0, 0.1) is 0 Å². The Kier molecular flexibility index (Phi) is 5.31. The number of thioether (sulfide) groups is 1. The highest BCUT2D eigenvalue weighted by Crippen LogP contribution is 2.22. The van der Waals surface area contributed by atoms with Crippen LogP contribution >= 0.6 is 11.8 Å². The van der Waals surface area contributed by atoms with Crippen LogP contribution in [0.2, 0.25) is 0 Å². The normalized spacial score (nSPS) is 9.91.